The molecule has 5 rings (SSSR count). The van der Waals surface area contributed by atoms with Crippen molar-refractivity contribution in [1.29, 1.82) is 0 Å². The molecule has 4 aromatic rings. The molecule has 4 aromatic carbocycles. The van der Waals surface area contributed by atoms with E-state index in [0.29, 0.717) is 33.0 Å². The molecular weight excluding hydrogens is 512 g/mol. The summed E-state index contributed by atoms with van der Waals surface area (Å²) < 4.78 is 32.9. The molecule has 0 aromatic heterocycles. The van der Waals surface area contributed by atoms with Crippen LogP contribution in [0, 0.1) is 0 Å². The Balaban J connectivity index is 1.38. The van der Waals surface area contributed by atoms with Crippen LogP contribution in [-0.4, -0.2) is 37.1 Å². The third-order valence-electron chi connectivity index (χ3n) is 7.38. The normalized spacial score (nSPS) is 22.4. The number of hydrogen-bond donors (Lipinski definition) is 0. The van der Waals surface area contributed by atoms with Gasteiger partial charge < -0.3 is 23.7 Å². The van der Waals surface area contributed by atoms with E-state index in [2.05, 4.69) is 55.5 Å². The predicted octanol–water partition coefficient (Wildman–Crippen LogP) is 7.14. The van der Waals surface area contributed by atoms with E-state index >= 15 is 0 Å². The molecule has 0 saturated carbocycles. The lowest BCUT2D eigenvalue weighted by Crippen LogP contribution is -2.61. The van der Waals surface area contributed by atoms with Crippen molar-refractivity contribution in [2.24, 2.45) is 0 Å². The number of hydrogen-bond acceptors (Lipinski definition) is 5. The van der Waals surface area contributed by atoms with Gasteiger partial charge in [0.15, 0.2) is 0 Å². The van der Waals surface area contributed by atoms with E-state index < -0.39 is 6.10 Å². The summed E-state index contributed by atoms with van der Waals surface area (Å²) in [6.07, 6.45) is -0.753. The molecule has 0 aliphatic carbocycles. The van der Waals surface area contributed by atoms with Crippen molar-refractivity contribution < 1.29 is 23.7 Å². The summed E-state index contributed by atoms with van der Waals surface area (Å²) >= 11 is 0. The minimum Gasteiger partial charge on any atom is -0.374 e. The average molecular weight is 553 g/mol. The molecule has 1 aliphatic heterocycles. The van der Waals surface area contributed by atoms with Gasteiger partial charge in [-0.05, 0) is 28.7 Å². The molecule has 5 nitrogen and oxygen atoms in total. The van der Waals surface area contributed by atoms with E-state index in [1.54, 1.807) is 0 Å². The van der Waals surface area contributed by atoms with Gasteiger partial charge in [-0.25, -0.2) is 0 Å². The molecule has 5 unspecified atom stereocenters. The second kappa shape index (κ2) is 15.6. The molecule has 214 valence electrons. The summed E-state index contributed by atoms with van der Waals surface area (Å²) in [5.41, 5.74) is 4.43. The van der Waals surface area contributed by atoms with Crippen molar-refractivity contribution in [3.05, 3.63) is 144 Å². The topological polar surface area (TPSA) is 46.2 Å². The zero-order valence-corrected chi connectivity index (χ0v) is 23.7. The van der Waals surface area contributed by atoms with Gasteiger partial charge in [0.05, 0.1) is 39.1 Å². The van der Waals surface area contributed by atoms with Crippen LogP contribution in [0.5, 0.6) is 0 Å². The van der Waals surface area contributed by atoms with Crippen molar-refractivity contribution >= 4 is 0 Å². The molecule has 1 heterocycles. The van der Waals surface area contributed by atoms with E-state index in [-0.39, 0.29) is 24.4 Å². The summed E-state index contributed by atoms with van der Waals surface area (Å²) in [7, 11) is 0. The van der Waals surface area contributed by atoms with Crippen LogP contribution in [0.2, 0.25) is 0 Å². The highest BCUT2D eigenvalue weighted by Gasteiger charge is 2.47. The average Bonchev–Trinajstić information content (AvgIpc) is 3.04. The van der Waals surface area contributed by atoms with Gasteiger partial charge in [-0.3, -0.25) is 0 Å². The maximum absolute atomic E-state index is 6.71. The summed E-state index contributed by atoms with van der Waals surface area (Å²) in [6.45, 7) is 4.39. The Kier molecular flexibility index (Phi) is 11.1. The number of rotatable bonds is 14. The van der Waals surface area contributed by atoms with E-state index in [1.807, 2.05) is 72.8 Å². The molecule has 0 amide bonds. The molecule has 0 bridgehead atoms. The fraction of sp³-hybridized carbons (Fsp3) is 0.333. The van der Waals surface area contributed by atoms with E-state index in [4.69, 9.17) is 23.7 Å². The molecule has 5 atom stereocenters. The minimum absolute atomic E-state index is 0.165. The fourth-order valence-corrected chi connectivity index (χ4v) is 5.21. The first-order valence-electron chi connectivity index (χ1n) is 14.5. The lowest BCUT2D eigenvalue weighted by molar-refractivity contribution is -0.272. The van der Waals surface area contributed by atoms with Crippen LogP contribution < -0.4 is 0 Å². The monoisotopic (exact) mass is 552 g/mol. The second-order valence-corrected chi connectivity index (χ2v) is 10.4. The van der Waals surface area contributed by atoms with Crippen LogP contribution in [0.25, 0.3) is 0 Å². The summed E-state index contributed by atoms with van der Waals surface area (Å²) in [4.78, 5) is 0. The summed E-state index contributed by atoms with van der Waals surface area (Å²) in [5, 5.41) is 0. The second-order valence-electron chi connectivity index (χ2n) is 10.4. The Bertz CT molecular complexity index is 1250. The first-order valence-corrected chi connectivity index (χ1v) is 14.5. The minimum atomic E-state index is -0.390. The maximum Gasteiger partial charge on any atom is 0.115 e. The Morgan fingerprint density at radius 2 is 0.829 bits per heavy atom. The van der Waals surface area contributed by atoms with Gasteiger partial charge in [-0.2, -0.15) is 0 Å². The van der Waals surface area contributed by atoms with Gasteiger partial charge in [0.1, 0.15) is 24.4 Å². The molecule has 41 heavy (non-hydrogen) atoms. The third-order valence-corrected chi connectivity index (χ3v) is 7.38. The molecule has 1 aliphatic rings. The molecule has 0 radical (unpaired) electrons. The number of benzene rings is 4. The van der Waals surface area contributed by atoms with Gasteiger partial charge in [0.25, 0.3) is 0 Å². The van der Waals surface area contributed by atoms with Crippen LogP contribution in [-0.2, 0) is 50.1 Å². The molecule has 0 N–H and O–H groups in total. The highest BCUT2D eigenvalue weighted by atomic mass is 16.6. The molecule has 1 fully saturated rings. The molecule has 0 spiro atoms. The highest BCUT2D eigenvalue weighted by molar-refractivity contribution is 5.16. The lowest BCUT2D eigenvalue weighted by Gasteiger charge is -2.46. The first-order chi connectivity index (χ1) is 20.3. The Labute approximate surface area is 244 Å². The van der Waals surface area contributed by atoms with Crippen molar-refractivity contribution in [3.8, 4) is 0 Å². The zero-order chi connectivity index (χ0) is 28.1. The van der Waals surface area contributed by atoms with Crippen LogP contribution in [0.15, 0.2) is 121 Å². The van der Waals surface area contributed by atoms with Gasteiger partial charge in [0, 0.05) is 0 Å². The lowest BCUT2D eigenvalue weighted by atomic mass is 9.92. The molecular formula is C36H40O5. The molecule has 5 heteroatoms. The van der Waals surface area contributed by atoms with Gasteiger partial charge in [0.2, 0.25) is 0 Å². The van der Waals surface area contributed by atoms with Crippen molar-refractivity contribution in [2.75, 3.05) is 6.61 Å². The van der Waals surface area contributed by atoms with Gasteiger partial charge in [-0.15, -0.1) is 0 Å². The maximum atomic E-state index is 6.71. The van der Waals surface area contributed by atoms with Crippen LogP contribution in [0.4, 0.5) is 0 Å². The summed E-state index contributed by atoms with van der Waals surface area (Å²) in [5.74, 6) is 0. The van der Waals surface area contributed by atoms with E-state index in [1.165, 1.54) is 0 Å². The third kappa shape index (κ3) is 8.59. The quantitative estimate of drug-likeness (QED) is 0.166. The van der Waals surface area contributed by atoms with Crippen LogP contribution >= 0.6 is 0 Å². The van der Waals surface area contributed by atoms with Gasteiger partial charge >= 0.3 is 0 Å². The largest absolute Gasteiger partial charge is 0.374 e. The van der Waals surface area contributed by atoms with Crippen LogP contribution in [0.3, 0.4) is 0 Å². The Morgan fingerprint density at radius 1 is 0.463 bits per heavy atom. The van der Waals surface area contributed by atoms with E-state index in [0.717, 1.165) is 28.7 Å². The Morgan fingerprint density at radius 3 is 1.24 bits per heavy atom. The van der Waals surface area contributed by atoms with Crippen molar-refractivity contribution in [3.63, 3.8) is 0 Å². The standard InChI is InChI=1S/C36H40O5/c1-2-32-34(38-24-29-17-9-4-10-18-29)36(40-26-31-21-13-6-14-22-31)35(39-25-30-19-11-5-12-20-30)33(41-32)27-37-23-28-15-7-3-8-16-28/h3-22,32-36H,2,23-27H2,1H3. The molecule has 1 saturated heterocycles. The smallest absolute Gasteiger partial charge is 0.115 e. The highest BCUT2D eigenvalue weighted by Crippen LogP contribution is 2.32. The SMILES string of the molecule is CCC1OC(COCc2ccccc2)C(OCc2ccccc2)C(OCc2ccccc2)C1OCc1ccccc1. The Hall–Kier alpha value is -3.32. The van der Waals surface area contributed by atoms with E-state index in [9.17, 15) is 0 Å². The van der Waals surface area contributed by atoms with Gasteiger partial charge in [-0.1, -0.05) is 128 Å². The summed E-state index contributed by atoms with van der Waals surface area (Å²) in [6, 6.07) is 40.9. The predicted molar refractivity (Wildman–Crippen MR) is 160 cm³/mol. The van der Waals surface area contributed by atoms with Crippen LogP contribution in [0.1, 0.15) is 35.6 Å². The number of ether oxygens (including phenoxy) is 5. The fourth-order valence-electron chi connectivity index (χ4n) is 5.21. The first kappa shape index (κ1) is 29.2. The van der Waals surface area contributed by atoms with Crippen molar-refractivity contribution in [2.45, 2.75) is 70.3 Å². The zero-order valence-electron chi connectivity index (χ0n) is 23.7. The van der Waals surface area contributed by atoms with Crippen molar-refractivity contribution in [1.82, 2.24) is 0 Å².